The smallest absolute Gasteiger partial charge is 0.254 e. The summed E-state index contributed by atoms with van der Waals surface area (Å²) in [6, 6.07) is 11.2. The molecule has 7 nitrogen and oxygen atoms in total. The van der Waals surface area contributed by atoms with Crippen molar-refractivity contribution in [3.8, 4) is 28.7 Å². The molecule has 0 saturated carbocycles. The second-order valence-electron chi connectivity index (χ2n) is 7.49. The standard InChI is InChI=1S/C25H27NO6S/c1-28-18-11-15-8-9-26(23(22-7-6-10-33-22)17(15)14-19(18)29-2)25(27)16-12-20(30-3)24(32-5)21(13-16)31-4/h6-7,10-14,23H,8-9H2,1-5H3/t23-/m0/s1. The fourth-order valence-electron chi connectivity index (χ4n) is 4.29. The minimum atomic E-state index is -0.250. The van der Waals surface area contributed by atoms with Gasteiger partial charge in [0.2, 0.25) is 5.75 Å². The maximum Gasteiger partial charge on any atom is 0.254 e. The molecule has 2 aromatic carbocycles. The minimum Gasteiger partial charge on any atom is -0.493 e. The lowest BCUT2D eigenvalue weighted by atomic mass is 9.90. The van der Waals surface area contributed by atoms with Crippen molar-refractivity contribution in [2.45, 2.75) is 12.5 Å². The van der Waals surface area contributed by atoms with Crippen LogP contribution >= 0.6 is 11.3 Å². The first-order chi connectivity index (χ1) is 16.1. The molecular weight excluding hydrogens is 442 g/mol. The lowest BCUT2D eigenvalue weighted by Gasteiger charge is -2.37. The molecule has 3 aromatic rings. The monoisotopic (exact) mass is 469 g/mol. The average Bonchev–Trinajstić information content (AvgIpc) is 3.40. The van der Waals surface area contributed by atoms with Gasteiger partial charge in [0.25, 0.3) is 5.91 Å². The quantitative estimate of drug-likeness (QED) is 0.505. The van der Waals surface area contributed by atoms with E-state index in [1.54, 1.807) is 37.7 Å². The minimum absolute atomic E-state index is 0.118. The van der Waals surface area contributed by atoms with E-state index in [1.807, 2.05) is 28.5 Å². The van der Waals surface area contributed by atoms with E-state index in [2.05, 4.69) is 6.07 Å². The molecule has 1 aromatic heterocycles. The molecule has 0 bridgehead atoms. The Morgan fingerprint density at radius 1 is 0.879 bits per heavy atom. The Bertz CT molecular complexity index is 1120. The van der Waals surface area contributed by atoms with Crippen LogP contribution in [-0.2, 0) is 6.42 Å². The molecule has 1 atom stereocenters. The molecule has 0 aliphatic carbocycles. The van der Waals surface area contributed by atoms with Crippen LogP contribution in [0.15, 0.2) is 41.8 Å². The fraction of sp³-hybridized carbons (Fsp3) is 0.320. The summed E-state index contributed by atoms with van der Waals surface area (Å²) in [5.74, 6) is 2.54. The molecule has 2 heterocycles. The molecule has 0 radical (unpaired) electrons. The maximum absolute atomic E-state index is 13.9. The molecule has 1 amide bonds. The highest BCUT2D eigenvalue weighted by Crippen LogP contribution is 2.44. The number of carbonyl (C=O) groups excluding carboxylic acids is 1. The Balaban J connectivity index is 1.82. The van der Waals surface area contributed by atoms with Crippen LogP contribution in [0.4, 0.5) is 0 Å². The van der Waals surface area contributed by atoms with Gasteiger partial charge in [0.05, 0.1) is 41.6 Å². The zero-order valence-electron chi connectivity index (χ0n) is 19.3. The predicted molar refractivity (Wildman–Crippen MR) is 127 cm³/mol. The molecule has 4 rings (SSSR count). The Kier molecular flexibility index (Phi) is 6.65. The third-order valence-corrected chi connectivity index (χ3v) is 6.78. The predicted octanol–water partition coefficient (Wildman–Crippen LogP) is 4.58. The van der Waals surface area contributed by atoms with Crippen LogP contribution in [-0.4, -0.2) is 52.9 Å². The Hall–Kier alpha value is -3.39. The largest absolute Gasteiger partial charge is 0.493 e. The Morgan fingerprint density at radius 3 is 2.06 bits per heavy atom. The number of methoxy groups -OCH3 is 5. The van der Waals surface area contributed by atoms with Gasteiger partial charge in [-0.1, -0.05) is 6.07 Å². The van der Waals surface area contributed by atoms with Crippen LogP contribution in [0.1, 0.15) is 32.4 Å². The molecule has 0 N–H and O–H groups in total. The van der Waals surface area contributed by atoms with Crippen LogP contribution < -0.4 is 23.7 Å². The van der Waals surface area contributed by atoms with Gasteiger partial charge in [-0.05, 0) is 53.3 Å². The number of ether oxygens (including phenoxy) is 5. The van der Waals surface area contributed by atoms with E-state index >= 15 is 0 Å². The van der Waals surface area contributed by atoms with Crippen LogP contribution in [0.3, 0.4) is 0 Å². The fourth-order valence-corrected chi connectivity index (χ4v) is 5.14. The molecule has 33 heavy (non-hydrogen) atoms. The molecule has 1 aliphatic rings. The first-order valence-electron chi connectivity index (χ1n) is 10.4. The van der Waals surface area contributed by atoms with Gasteiger partial charge >= 0.3 is 0 Å². The summed E-state index contributed by atoms with van der Waals surface area (Å²) < 4.78 is 27.4. The van der Waals surface area contributed by atoms with E-state index < -0.39 is 0 Å². The van der Waals surface area contributed by atoms with E-state index in [4.69, 9.17) is 23.7 Å². The second kappa shape index (κ2) is 9.62. The number of hydrogen-bond acceptors (Lipinski definition) is 7. The number of rotatable bonds is 7. The van der Waals surface area contributed by atoms with Crippen LogP contribution in [0.2, 0.25) is 0 Å². The molecule has 0 saturated heterocycles. The highest BCUT2D eigenvalue weighted by molar-refractivity contribution is 7.10. The van der Waals surface area contributed by atoms with Crippen molar-refractivity contribution in [1.82, 2.24) is 4.90 Å². The van der Waals surface area contributed by atoms with E-state index in [1.165, 1.54) is 21.3 Å². The first-order valence-corrected chi connectivity index (χ1v) is 11.3. The van der Waals surface area contributed by atoms with Crippen molar-refractivity contribution < 1.29 is 28.5 Å². The molecular formula is C25H27NO6S. The highest BCUT2D eigenvalue weighted by Gasteiger charge is 2.35. The van der Waals surface area contributed by atoms with Gasteiger partial charge in [-0.2, -0.15) is 0 Å². The van der Waals surface area contributed by atoms with Crippen molar-refractivity contribution in [2.75, 3.05) is 42.1 Å². The van der Waals surface area contributed by atoms with Crippen LogP contribution in [0.25, 0.3) is 0 Å². The average molecular weight is 470 g/mol. The third kappa shape index (κ3) is 4.06. The molecule has 1 aliphatic heterocycles. The van der Waals surface area contributed by atoms with Crippen molar-refractivity contribution in [1.29, 1.82) is 0 Å². The van der Waals surface area contributed by atoms with Gasteiger partial charge in [-0.3, -0.25) is 4.79 Å². The van der Waals surface area contributed by atoms with Gasteiger partial charge in [0.15, 0.2) is 23.0 Å². The molecule has 0 fully saturated rings. The van der Waals surface area contributed by atoms with Gasteiger partial charge in [0.1, 0.15) is 0 Å². The highest BCUT2D eigenvalue weighted by atomic mass is 32.1. The second-order valence-corrected chi connectivity index (χ2v) is 8.47. The Morgan fingerprint density at radius 2 is 1.52 bits per heavy atom. The van der Waals surface area contributed by atoms with E-state index in [0.717, 1.165) is 16.0 Å². The van der Waals surface area contributed by atoms with Gasteiger partial charge < -0.3 is 28.6 Å². The molecule has 174 valence electrons. The normalized spacial score (nSPS) is 14.9. The number of carbonyl (C=O) groups is 1. The zero-order chi connectivity index (χ0) is 23.5. The van der Waals surface area contributed by atoms with E-state index in [9.17, 15) is 4.79 Å². The van der Waals surface area contributed by atoms with Gasteiger partial charge in [-0.25, -0.2) is 0 Å². The maximum atomic E-state index is 13.9. The third-order valence-electron chi connectivity index (χ3n) is 5.86. The van der Waals surface area contributed by atoms with Crippen LogP contribution in [0.5, 0.6) is 28.7 Å². The zero-order valence-corrected chi connectivity index (χ0v) is 20.2. The van der Waals surface area contributed by atoms with Crippen LogP contribution in [0, 0.1) is 0 Å². The molecule has 0 spiro atoms. The number of hydrogen-bond donors (Lipinski definition) is 0. The topological polar surface area (TPSA) is 66.5 Å². The first kappa shape index (κ1) is 22.8. The van der Waals surface area contributed by atoms with Crippen molar-refractivity contribution in [3.05, 3.63) is 63.3 Å². The van der Waals surface area contributed by atoms with Crippen molar-refractivity contribution in [3.63, 3.8) is 0 Å². The SMILES string of the molecule is COc1cc2c(cc1OC)[C@@H](c1cccs1)N(C(=O)c1cc(OC)c(OC)c(OC)c1)CC2. The summed E-state index contributed by atoms with van der Waals surface area (Å²) in [7, 11) is 7.86. The number of thiophene rings is 1. The molecule has 8 heteroatoms. The van der Waals surface area contributed by atoms with E-state index in [-0.39, 0.29) is 11.9 Å². The summed E-state index contributed by atoms with van der Waals surface area (Å²) in [6.45, 7) is 0.556. The lowest BCUT2D eigenvalue weighted by Crippen LogP contribution is -2.40. The molecule has 0 unspecified atom stereocenters. The number of benzene rings is 2. The number of amides is 1. The number of fused-ring (bicyclic) bond motifs is 1. The lowest BCUT2D eigenvalue weighted by molar-refractivity contribution is 0.0696. The summed E-state index contributed by atoms with van der Waals surface area (Å²) in [5.41, 5.74) is 2.64. The number of nitrogens with zero attached hydrogens (tertiary/aromatic N) is 1. The summed E-state index contributed by atoms with van der Waals surface area (Å²) >= 11 is 1.62. The van der Waals surface area contributed by atoms with E-state index in [0.29, 0.717) is 47.3 Å². The van der Waals surface area contributed by atoms with Gasteiger partial charge in [-0.15, -0.1) is 11.3 Å². The van der Waals surface area contributed by atoms with Crippen molar-refractivity contribution >= 4 is 17.2 Å². The summed E-state index contributed by atoms with van der Waals surface area (Å²) in [4.78, 5) is 16.8. The van der Waals surface area contributed by atoms with Gasteiger partial charge in [0, 0.05) is 17.0 Å². The Labute approximate surface area is 197 Å². The summed E-state index contributed by atoms with van der Waals surface area (Å²) in [5, 5.41) is 2.02. The summed E-state index contributed by atoms with van der Waals surface area (Å²) in [6.07, 6.45) is 0.702. The van der Waals surface area contributed by atoms with Crippen molar-refractivity contribution in [2.24, 2.45) is 0 Å².